The Morgan fingerprint density at radius 2 is 2.24 bits per heavy atom. The minimum atomic E-state index is -3.50. The lowest BCUT2D eigenvalue weighted by molar-refractivity contribution is 0.0314. The highest BCUT2D eigenvalue weighted by Gasteiger charge is 2.34. The Hall–Kier alpha value is -0.470. The van der Waals surface area contributed by atoms with Crippen LogP contribution in [0.15, 0.2) is 27.6 Å². The number of sulfonamides is 1. The van der Waals surface area contributed by atoms with E-state index in [1.807, 2.05) is 26.1 Å². The first-order valence-corrected chi connectivity index (χ1v) is 9.26. The van der Waals surface area contributed by atoms with Gasteiger partial charge in [0, 0.05) is 23.6 Å². The first kappa shape index (κ1) is 16.9. The molecule has 0 radical (unpaired) electrons. The van der Waals surface area contributed by atoms with Crippen molar-refractivity contribution in [1.29, 1.82) is 0 Å². The number of morpholine rings is 1. The van der Waals surface area contributed by atoms with Crippen molar-refractivity contribution >= 4 is 26.0 Å². The normalized spacial score (nSPS) is 20.6. The van der Waals surface area contributed by atoms with Gasteiger partial charge in [-0.1, -0.05) is 13.0 Å². The summed E-state index contributed by atoms with van der Waals surface area (Å²) < 4.78 is 33.3. The molecular formula is C14H21BrN2O3S. The summed E-state index contributed by atoms with van der Waals surface area (Å²) in [6.07, 6.45) is 0.745. The van der Waals surface area contributed by atoms with Gasteiger partial charge in [-0.05, 0) is 47.1 Å². The van der Waals surface area contributed by atoms with E-state index in [0.717, 1.165) is 12.0 Å². The van der Waals surface area contributed by atoms with Gasteiger partial charge in [0.25, 0.3) is 0 Å². The van der Waals surface area contributed by atoms with Gasteiger partial charge in [0.15, 0.2) is 0 Å². The molecular weight excluding hydrogens is 356 g/mol. The maximum Gasteiger partial charge on any atom is 0.244 e. The van der Waals surface area contributed by atoms with Crippen LogP contribution in [0.5, 0.6) is 0 Å². The summed E-state index contributed by atoms with van der Waals surface area (Å²) in [5.74, 6) is 0. The molecule has 1 aliphatic heterocycles. The van der Waals surface area contributed by atoms with Crippen LogP contribution in [0.2, 0.25) is 0 Å². The van der Waals surface area contributed by atoms with Crippen molar-refractivity contribution in [2.24, 2.45) is 0 Å². The van der Waals surface area contributed by atoms with E-state index in [-0.39, 0.29) is 6.04 Å². The molecule has 1 atom stereocenters. The molecule has 0 aliphatic carbocycles. The molecule has 1 aromatic carbocycles. The van der Waals surface area contributed by atoms with E-state index in [4.69, 9.17) is 4.74 Å². The molecule has 2 rings (SSSR count). The molecule has 1 aromatic rings. The van der Waals surface area contributed by atoms with E-state index in [1.165, 1.54) is 0 Å². The van der Waals surface area contributed by atoms with Crippen LogP contribution >= 0.6 is 15.9 Å². The molecule has 1 saturated heterocycles. The smallest absolute Gasteiger partial charge is 0.244 e. The Morgan fingerprint density at radius 1 is 1.48 bits per heavy atom. The summed E-state index contributed by atoms with van der Waals surface area (Å²) in [7, 11) is -1.64. The van der Waals surface area contributed by atoms with Gasteiger partial charge in [-0.15, -0.1) is 0 Å². The van der Waals surface area contributed by atoms with Gasteiger partial charge in [0.1, 0.15) is 0 Å². The molecule has 0 spiro atoms. The molecule has 0 amide bonds. The molecule has 1 fully saturated rings. The molecule has 1 heterocycles. The number of nitrogens with zero attached hydrogens (tertiary/aromatic N) is 1. The highest BCUT2D eigenvalue weighted by molar-refractivity contribution is 9.10. The van der Waals surface area contributed by atoms with Crippen LogP contribution in [-0.2, 0) is 21.3 Å². The third-order valence-electron chi connectivity index (χ3n) is 3.61. The second kappa shape index (κ2) is 7.19. The fourth-order valence-electron chi connectivity index (χ4n) is 2.47. The Bertz CT molecular complexity index is 592. The Kier molecular flexibility index (Phi) is 5.79. The van der Waals surface area contributed by atoms with E-state index in [0.29, 0.717) is 35.7 Å². The van der Waals surface area contributed by atoms with Gasteiger partial charge in [0.05, 0.1) is 18.1 Å². The number of nitrogens with one attached hydrogen (secondary N) is 1. The average Bonchev–Trinajstić information content (AvgIpc) is 2.47. The zero-order valence-electron chi connectivity index (χ0n) is 12.3. The Morgan fingerprint density at radius 3 is 2.86 bits per heavy atom. The number of hydrogen-bond donors (Lipinski definition) is 1. The third kappa shape index (κ3) is 3.65. The maximum absolute atomic E-state index is 12.9. The number of benzene rings is 1. The molecule has 0 saturated carbocycles. The van der Waals surface area contributed by atoms with Crippen molar-refractivity contribution in [2.45, 2.75) is 30.8 Å². The highest BCUT2D eigenvalue weighted by atomic mass is 79.9. The van der Waals surface area contributed by atoms with Gasteiger partial charge >= 0.3 is 0 Å². The molecule has 21 heavy (non-hydrogen) atoms. The number of rotatable bonds is 5. The molecule has 118 valence electrons. The zero-order valence-corrected chi connectivity index (χ0v) is 14.7. The van der Waals surface area contributed by atoms with Crippen molar-refractivity contribution in [2.75, 3.05) is 26.8 Å². The fraction of sp³-hybridized carbons (Fsp3) is 0.571. The van der Waals surface area contributed by atoms with E-state index in [2.05, 4.69) is 21.2 Å². The predicted octanol–water partition coefficient (Wildman–Crippen LogP) is 1.97. The number of ether oxygens (including phenoxy) is 1. The molecule has 1 unspecified atom stereocenters. The quantitative estimate of drug-likeness (QED) is 0.853. The van der Waals surface area contributed by atoms with Crippen LogP contribution in [0.4, 0.5) is 0 Å². The van der Waals surface area contributed by atoms with E-state index >= 15 is 0 Å². The summed E-state index contributed by atoms with van der Waals surface area (Å²) >= 11 is 3.40. The molecule has 7 heteroatoms. The van der Waals surface area contributed by atoms with Crippen molar-refractivity contribution in [3.8, 4) is 0 Å². The lowest BCUT2D eigenvalue weighted by Gasteiger charge is -2.34. The number of halogens is 1. The zero-order chi connectivity index (χ0) is 15.5. The standard InChI is InChI=1S/C14H21BrN2O3S/c1-3-12-10-20-7-6-17(12)21(18,19)14-5-4-11(9-16-2)8-13(14)15/h4-5,8,12,16H,3,6-7,9-10H2,1-2H3. The topological polar surface area (TPSA) is 58.6 Å². The van der Waals surface area contributed by atoms with Crippen molar-refractivity contribution < 1.29 is 13.2 Å². The summed E-state index contributed by atoms with van der Waals surface area (Å²) in [6, 6.07) is 5.28. The Balaban J connectivity index is 2.34. The van der Waals surface area contributed by atoms with Gasteiger partial charge in [-0.3, -0.25) is 0 Å². The molecule has 1 N–H and O–H groups in total. The summed E-state index contributed by atoms with van der Waals surface area (Å²) in [6.45, 7) is 4.00. The molecule has 1 aliphatic rings. The second-order valence-corrected chi connectivity index (χ2v) is 7.76. The van der Waals surface area contributed by atoms with E-state index in [9.17, 15) is 8.42 Å². The molecule has 0 aromatic heterocycles. The SMILES string of the molecule is CCC1COCCN1S(=O)(=O)c1ccc(CNC)cc1Br. The van der Waals surface area contributed by atoms with Crippen molar-refractivity contribution in [3.05, 3.63) is 28.2 Å². The lowest BCUT2D eigenvalue weighted by Crippen LogP contribution is -2.48. The third-order valence-corrected chi connectivity index (χ3v) is 6.54. The van der Waals surface area contributed by atoms with Crippen LogP contribution in [0.3, 0.4) is 0 Å². The Labute approximate surface area is 134 Å². The maximum atomic E-state index is 12.9. The van der Waals surface area contributed by atoms with E-state index < -0.39 is 10.0 Å². The summed E-state index contributed by atoms with van der Waals surface area (Å²) in [5, 5.41) is 3.05. The van der Waals surface area contributed by atoms with Gasteiger partial charge in [-0.25, -0.2) is 8.42 Å². The minimum Gasteiger partial charge on any atom is -0.378 e. The van der Waals surface area contributed by atoms with Gasteiger partial charge in [-0.2, -0.15) is 4.31 Å². The predicted molar refractivity (Wildman–Crippen MR) is 85.7 cm³/mol. The monoisotopic (exact) mass is 376 g/mol. The van der Waals surface area contributed by atoms with Crippen molar-refractivity contribution in [3.63, 3.8) is 0 Å². The minimum absolute atomic E-state index is 0.0902. The first-order valence-electron chi connectivity index (χ1n) is 7.03. The van der Waals surface area contributed by atoms with Crippen LogP contribution in [0.1, 0.15) is 18.9 Å². The fourth-order valence-corrected chi connectivity index (χ4v) is 5.23. The highest BCUT2D eigenvalue weighted by Crippen LogP contribution is 2.29. The first-order chi connectivity index (χ1) is 10.0. The van der Waals surface area contributed by atoms with Gasteiger partial charge < -0.3 is 10.1 Å². The number of hydrogen-bond acceptors (Lipinski definition) is 4. The van der Waals surface area contributed by atoms with Gasteiger partial charge in [0.2, 0.25) is 10.0 Å². The summed E-state index contributed by atoms with van der Waals surface area (Å²) in [5.41, 5.74) is 1.04. The summed E-state index contributed by atoms with van der Waals surface area (Å²) in [4.78, 5) is 0.322. The van der Waals surface area contributed by atoms with Crippen LogP contribution in [0.25, 0.3) is 0 Å². The largest absolute Gasteiger partial charge is 0.378 e. The van der Waals surface area contributed by atoms with Crippen LogP contribution in [-0.4, -0.2) is 45.6 Å². The second-order valence-electron chi connectivity index (χ2n) is 5.05. The average molecular weight is 377 g/mol. The van der Waals surface area contributed by atoms with Crippen molar-refractivity contribution in [1.82, 2.24) is 9.62 Å². The lowest BCUT2D eigenvalue weighted by atomic mass is 10.2. The van der Waals surface area contributed by atoms with Crippen LogP contribution in [0, 0.1) is 0 Å². The molecule has 0 bridgehead atoms. The van der Waals surface area contributed by atoms with E-state index in [1.54, 1.807) is 10.4 Å². The molecule has 5 nitrogen and oxygen atoms in total. The van der Waals surface area contributed by atoms with Crippen LogP contribution < -0.4 is 5.32 Å².